The van der Waals surface area contributed by atoms with Crippen molar-refractivity contribution in [2.45, 2.75) is 18.9 Å². The minimum Gasteiger partial charge on any atom is -0.329 e. The standard InChI is InChI=1S/C19H14F2N2O2/c20-13-8-9-4-5-14(22)15(9)17(21)16(13)18(24)11-2-1-3-12-10(11)6-7-23-19(12)25/h1-3,6-8,14H,4-5,22H2,(H,23,25)/t14-/m0/s1. The third-order valence-electron chi connectivity index (χ3n) is 4.72. The monoisotopic (exact) mass is 340 g/mol. The number of aromatic amines is 1. The molecule has 0 aliphatic heterocycles. The molecular formula is C19H14F2N2O2. The fourth-order valence-electron chi connectivity index (χ4n) is 3.51. The second kappa shape index (κ2) is 5.60. The maximum absolute atomic E-state index is 14.9. The molecule has 0 unspecified atom stereocenters. The molecule has 0 bridgehead atoms. The van der Waals surface area contributed by atoms with Gasteiger partial charge in [0.2, 0.25) is 0 Å². The highest BCUT2D eigenvalue weighted by Gasteiger charge is 2.30. The topological polar surface area (TPSA) is 76.0 Å². The van der Waals surface area contributed by atoms with Gasteiger partial charge in [-0.15, -0.1) is 0 Å². The summed E-state index contributed by atoms with van der Waals surface area (Å²) in [6.07, 6.45) is 2.40. The van der Waals surface area contributed by atoms with Gasteiger partial charge in [0.25, 0.3) is 5.56 Å². The molecule has 1 heterocycles. The van der Waals surface area contributed by atoms with Crippen LogP contribution in [0.25, 0.3) is 10.8 Å². The van der Waals surface area contributed by atoms with Gasteiger partial charge in [0.05, 0.1) is 5.56 Å². The predicted octanol–water partition coefficient (Wildman–Crippen LogP) is 2.98. The van der Waals surface area contributed by atoms with E-state index in [2.05, 4.69) is 4.98 Å². The lowest BCUT2D eigenvalue weighted by atomic mass is 9.94. The number of rotatable bonds is 2. The van der Waals surface area contributed by atoms with Crippen molar-refractivity contribution in [1.82, 2.24) is 4.98 Å². The fourth-order valence-corrected chi connectivity index (χ4v) is 3.51. The number of aryl methyl sites for hydroxylation is 1. The summed E-state index contributed by atoms with van der Waals surface area (Å²) in [5.41, 5.74) is 5.70. The normalized spacial score (nSPS) is 16.2. The van der Waals surface area contributed by atoms with E-state index in [1.54, 1.807) is 12.1 Å². The molecule has 0 fully saturated rings. The summed E-state index contributed by atoms with van der Waals surface area (Å²) in [6.45, 7) is 0. The van der Waals surface area contributed by atoms with Crippen LogP contribution >= 0.6 is 0 Å². The lowest BCUT2D eigenvalue weighted by molar-refractivity contribution is 0.103. The summed E-state index contributed by atoms with van der Waals surface area (Å²) in [5, 5.41) is 0.631. The van der Waals surface area contributed by atoms with Crippen molar-refractivity contribution in [3.8, 4) is 0 Å². The zero-order valence-corrected chi connectivity index (χ0v) is 13.1. The molecular weight excluding hydrogens is 326 g/mol. The number of carbonyl (C=O) groups excluding carboxylic acids is 1. The molecule has 6 heteroatoms. The number of aromatic nitrogens is 1. The lowest BCUT2D eigenvalue weighted by Gasteiger charge is -2.12. The van der Waals surface area contributed by atoms with E-state index in [0.29, 0.717) is 23.8 Å². The number of benzene rings is 2. The quantitative estimate of drug-likeness (QED) is 0.704. The first-order valence-electron chi connectivity index (χ1n) is 7.90. The minimum absolute atomic E-state index is 0.0768. The molecule has 3 N–H and O–H groups in total. The van der Waals surface area contributed by atoms with Crippen molar-refractivity contribution in [3.63, 3.8) is 0 Å². The van der Waals surface area contributed by atoms with Gasteiger partial charge in [-0.05, 0) is 42.0 Å². The Morgan fingerprint density at radius 2 is 2.00 bits per heavy atom. The number of halogens is 2. The predicted molar refractivity (Wildman–Crippen MR) is 89.6 cm³/mol. The van der Waals surface area contributed by atoms with Crippen molar-refractivity contribution in [3.05, 3.63) is 80.8 Å². The Kier molecular flexibility index (Phi) is 3.51. The van der Waals surface area contributed by atoms with Crippen LogP contribution in [0.1, 0.15) is 39.5 Å². The molecule has 0 radical (unpaired) electrons. The Labute approximate surface area is 141 Å². The number of pyridine rings is 1. The van der Waals surface area contributed by atoms with Crippen molar-refractivity contribution in [1.29, 1.82) is 0 Å². The number of hydrogen-bond acceptors (Lipinski definition) is 3. The van der Waals surface area contributed by atoms with Crippen LogP contribution in [-0.4, -0.2) is 10.8 Å². The van der Waals surface area contributed by atoms with E-state index in [1.165, 1.54) is 24.4 Å². The van der Waals surface area contributed by atoms with E-state index in [0.717, 1.165) is 0 Å². The summed E-state index contributed by atoms with van der Waals surface area (Å²) in [5.74, 6) is -2.60. The van der Waals surface area contributed by atoms with Gasteiger partial charge >= 0.3 is 0 Å². The van der Waals surface area contributed by atoms with Crippen LogP contribution < -0.4 is 11.3 Å². The van der Waals surface area contributed by atoms with Crippen LogP contribution in [0.15, 0.2) is 41.3 Å². The molecule has 126 valence electrons. The molecule has 1 aromatic heterocycles. The second-order valence-corrected chi connectivity index (χ2v) is 6.17. The van der Waals surface area contributed by atoms with Crippen molar-refractivity contribution in [2.75, 3.05) is 0 Å². The number of fused-ring (bicyclic) bond motifs is 2. The summed E-state index contributed by atoms with van der Waals surface area (Å²) in [7, 11) is 0. The smallest absolute Gasteiger partial charge is 0.255 e. The van der Waals surface area contributed by atoms with Gasteiger partial charge < -0.3 is 10.7 Å². The van der Waals surface area contributed by atoms with E-state index in [-0.39, 0.29) is 22.1 Å². The highest BCUT2D eigenvalue weighted by atomic mass is 19.1. The molecule has 0 spiro atoms. The van der Waals surface area contributed by atoms with Gasteiger partial charge in [0.1, 0.15) is 11.6 Å². The Morgan fingerprint density at radius 3 is 2.80 bits per heavy atom. The van der Waals surface area contributed by atoms with Crippen LogP contribution in [-0.2, 0) is 6.42 Å². The molecule has 4 nitrogen and oxygen atoms in total. The zero-order chi connectivity index (χ0) is 17.7. The van der Waals surface area contributed by atoms with E-state index in [1.807, 2.05) is 0 Å². The third-order valence-corrected chi connectivity index (χ3v) is 4.72. The van der Waals surface area contributed by atoms with Crippen LogP contribution in [0, 0.1) is 11.6 Å². The van der Waals surface area contributed by atoms with Gasteiger partial charge in [-0.2, -0.15) is 0 Å². The van der Waals surface area contributed by atoms with Gasteiger partial charge in [0.15, 0.2) is 5.78 Å². The van der Waals surface area contributed by atoms with Gasteiger partial charge in [-0.25, -0.2) is 8.78 Å². The second-order valence-electron chi connectivity index (χ2n) is 6.17. The molecule has 1 aliphatic rings. The molecule has 25 heavy (non-hydrogen) atoms. The fraction of sp³-hybridized carbons (Fsp3) is 0.158. The first-order valence-corrected chi connectivity index (χ1v) is 7.90. The van der Waals surface area contributed by atoms with Crippen LogP contribution in [0.2, 0.25) is 0 Å². The van der Waals surface area contributed by atoms with Crippen LogP contribution in [0.4, 0.5) is 8.78 Å². The maximum atomic E-state index is 14.9. The number of carbonyl (C=O) groups is 1. The van der Waals surface area contributed by atoms with Crippen LogP contribution in [0.5, 0.6) is 0 Å². The van der Waals surface area contributed by atoms with Gasteiger partial charge in [-0.1, -0.05) is 12.1 Å². The molecule has 0 amide bonds. The molecule has 1 aliphatic carbocycles. The first kappa shape index (κ1) is 15.7. The largest absolute Gasteiger partial charge is 0.329 e. The number of ketones is 1. The van der Waals surface area contributed by atoms with Gasteiger partial charge in [0, 0.05) is 28.8 Å². The SMILES string of the molecule is N[C@H]1CCc2cc(F)c(C(=O)c3cccc4c(=O)[nH]ccc34)c(F)c21. The summed E-state index contributed by atoms with van der Waals surface area (Å²) >= 11 is 0. The van der Waals surface area contributed by atoms with Gasteiger partial charge in [-0.3, -0.25) is 9.59 Å². The van der Waals surface area contributed by atoms with E-state index < -0.39 is 29.0 Å². The lowest BCUT2D eigenvalue weighted by Crippen LogP contribution is -2.15. The Balaban J connectivity index is 1.96. The van der Waals surface area contributed by atoms with E-state index >= 15 is 0 Å². The summed E-state index contributed by atoms with van der Waals surface area (Å²) < 4.78 is 29.4. The van der Waals surface area contributed by atoms with E-state index in [4.69, 9.17) is 5.73 Å². The van der Waals surface area contributed by atoms with Crippen molar-refractivity contribution >= 4 is 16.6 Å². The Bertz CT molecular complexity index is 1090. The van der Waals surface area contributed by atoms with Crippen molar-refractivity contribution in [2.24, 2.45) is 5.73 Å². The van der Waals surface area contributed by atoms with E-state index in [9.17, 15) is 18.4 Å². The first-order chi connectivity index (χ1) is 12.0. The number of nitrogens with one attached hydrogen (secondary N) is 1. The summed E-state index contributed by atoms with van der Waals surface area (Å²) in [6, 6.07) is 6.71. The maximum Gasteiger partial charge on any atom is 0.255 e. The zero-order valence-electron chi connectivity index (χ0n) is 13.1. The Hall–Kier alpha value is -2.86. The molecule has 1 atom stereocenters. The average Bonchev–Trinajstić information content (AvgIpc) is 2.95. The third kappa shape index (κ3) is 2.29. The number of nitrogens with two attached hydrogens (primary N) is 1. The average molecular weight is 340 g/mol. The molecule has 4 rings (SSSR count). The van der Waals surface area contributed by atoms with Crippen molar-refractivity contribution < 1.29 is 13.6 Å². The molecule has 3 aromatic rings. The van der Waals surface area contributed by atoms with Crippen LogP contribution in [0.3, 0.4) is 0 Å². The Morgan fingerprint density at radius 1 is 1.20 bits per heavy atom. The molecule has 2 aromatic carbocycles. The molecule has 0 saturated carbocycles. The summed E-state index contributed by atoms with van der Waals surface area (Å²) in [4.78, 5) is 27.3. The minimum atomic E-state index is -0.905. The number of H-pyrrole nitrogens is 1. The number of hydrogen-bond donors (Lipinski definition) is 2. The molecule has 0 saturated heterocycles. The highest BCUT2D eigenvalue weighted by Crippen LogP contribution is 2.35. The highest BCUT2D eigenvalue weighted by molar-refractivity contribution is 6.16.